The Morgan fingerprint density at radius 2 is 0.840 bits per heavy atom. The van der Waals surface area contributed by atoms with Crippen molar-refractivity contribution in [1.29, 1.82) is 0 Å². The minimum Gasteiger partial charge on any atom is -0.481 e. The fourth-order valence-electron chi connectivity index (χ4n) is 5.91. The average molecular weight is 878 g/mol. The molecule has 2 aromatic rings. The third kappa shape index (κ3) is 32.7. The standard InChI is InChI=1S/C26H37N2.C18H36O2.2Ag/c1-4-5-6-7-8-9-10-11-12-13-26(27-24-18-14-22(2)15-19-24)28-25-20-16-23(3)17-21-25;1-2-3-4-5-6-7-8-9-10-11-12-13-14-15-16-17-18(19)20;;/h14-21H,4-13H2,1-3H3;2-17H2,1H3,(H,19,20);;/q-1;;;+1. The molecule has 2 aromatic carbocycles. The summed E-state index contributed by atoms with van der Waals surface area (Å²) in [6.45, 7) is 8.75. The molecule has 293 valence electrons. The second-order valence-electron chi connectivity index (χ2n) is 14.0. The maximum atomic E-state index is 10.3. The Morgan fingerprint density at radius 1 is 0.520 bits per heavy atom. The molecular formula is C44H73Ag2N2O2. The van der Waals surface area contributed by atoms with Gasteiger partial charge in [0.05, 0.1) is 0 Å². The maximum absolute atomic E-state index is 10.3. The van der Waals surface area contributed by atoms with Gasteiger partial charge in [0.25, 0.3) is 0 Å². The van der Waals surface area contributed by atoms with Gasteiger partial charge in [-0.3, -0.25) is 4.79 Å². The Bertz CT molecular complexity index is 1040. The van der Waals surface area contributed by atoms with Gasteiger partial charge in [0, 0.05) is 28.8 Å². The number of carboxylic acids is 1. The molecule has 1 radical (unpaired) electrons. The molecule has 1 N–H and O–H groups in total. The molecule has 0 aliphatic heterocycles. The van der Waals surface area contributed by atoms with Gasteiger partial charge in [-0.25, -0.2) is 0 Å². The molecule has 0 aliphatic rings. The van der Waals surface area contributed by atoms with Crippen LogP contribution in [-0.2, 0) is 49.6 Å². The van der Waals surface area contributed by atoms with Gasteiger partial charge in [-0.15, -0.1) is 0 Å². The summed E-state index contributed by atoms with van der Waals surface area (Å²) in [5.74, 6) is 0.287. The first-order valence-electron chi connectivity index (χ1n) is 20.1. The number of amidine groups is 1. The smallest absolute Gasteiger partial charge is 0.481 e. The predicted octanol–water partition coefficient (Wildman–Crippen LogP) is 15.3. The molecule has 6 heteroatoms. The van der Waals surface area contributed by atoms with E-state index in [4.69, 9.17) is 15.4 Å². The summed E-state index contributed by atoms with van der Waals surface area (Å²) in [4.78, 5) is 15.2. The second-order valence-corrected chi connectivity index (χ2v) is 14.0. The summed E-state index contributed by atoms with van der Waals surface area (Å²) in [5, 5.41) is 13.4. The molecule has 0 amide bonds. The molecule has 4 nitrogen and oxygen atoms in total. The Morgan fingerprint density at radius 3 is 1.20 bits per heavy atom. The van der Waals surface area contributed by atoms with Gasteiger partial charge >= 0.3 is 28.3 Å². The van der Waals surface area contributed by atoms with Crippen LogP contribution >= 0.6 is 0 Å². The molecule has 0 aromatic heterocycles. The van der Waals surface area contributed by atoms with E-state index in [0.29, 0.717) is 6.42 Å². The molecule has 0 aliphatic carbocycles. The number of rotatable bonds is 28. The summed E-state index contributed by atoms with van der Waals surface area (Å²) < 4.78 is 0. The molecule has 0 spiro atoms. The fraction of sp³-hybridized carbons (Fsp3) is 0.682. The molecule has 0 atom stereocenters. The van der Waals surface area contributed by atoms with Crippen molar-refractivity contribution in [3.63, 3.8) is 0 Å². The molecule has 0 heterocycles. The van der Waals surface area contributed by atoms with E-state index in [1.807, 2.05) is 0 Å². The van der Waals surface area contributed by atoms with Crippen molar-refractivity contribution in [2.24, 2.45) is 4.99 Å². The first-order chi connectivity index (χ1) is 23.4. The van der Waals surface area contributed by atoms with Crippen LogP contribution in [0.2, 0.25) is 0 Å². The van der Waals surface area contributed by atoms with Crippen molar-refractivity contribution in [1.82, 2.24) is 0 Å². The number of aliphatic carboxylic acids is 1. The van der Waals surface area contributed by atoms with Crippen LogP contribution < -0.4 is 0 Å². The Labute approximate surface area is 340 Å². The Balaban J connectivity index is 0. The quantitative estimate of drug-likeness (QED) is 0.0401. The second kappa shape index (κ2) is 37.6. The summed E-state index contributed by atoms with van der Waals surface area (Å²) in [6.07, 6.45) is 33.2. The van der Waals surface area contributed by atoms with Crippen LogP contribution in [0.4, 0.5) is 11.4 Å². The summed E-state index contributed by atoms with van der Waals surface area (Å²) in [6, 6.07) is 16.8. The predicted molar refractivity (Wildman–Crippen MR) is 211 cm³/mol. The van der Waals surface area contributed by atoms with E-state index in [1.54, 1.807) is 0 Å². The number of aryl methyl sites for hydroxylation is 2. The van der Waals surface area contributed by atoms with E-state index in [1.165, 1.54) is 146 Å². The summed E-state index contributed by atoms with van der Waals surface area (Å²) >= 11 is 0. The van der Waals surface area contributed by atoms with Crippen LogP contribution in [0.25, 0.3) is 5.32 Å². The first-order valence-corrected chi connectivity index (χ1v) is 20.1. The van der Waals surface area contributed by atoms with E-state index in [-0.39, 0.29) is 44.8 Å². The van der Waals surface area contributed by atoms with Crippen molar-refractivity contribution < 1.29 is 54.7 Å². The minimum absolute atomic E-state index is 0. The van der Waals surface area contributed by atoms with Crippen LogP contribution in [0.5, 0.6) is 0 Å². The number of benzene rings is 2. The zero-order valence-electron chi connectivity index (χ0n) is 32.4. The molecule has 0 saturated carbocycles. The molecule has 0 bridgehead atoms. The molecule has 0 unspecified atom stereocenters. The monoisotopic (exact) mass is 875 g/mol. The topological polar surface area (TPSA) is 63.8 Å². The van der Waals surface area contributed by atoms with Crippen LogP contribution in [0.3, 0.4) is 0 Å². The van der Waals surface area contributed by atoms with Gasteiger partial charge in [0.1, 0.15) is 0 Å². The number of hydrogen-bond acceptors (Lipinski definition) is 2. The van der Waals surface area contributed by atoms with Crippen LogP contribution in [0.15, 0.2) is 53.5 Å². The first kappa shape index (κ1) is 51.0. The van der Waals surface area contributed by atoms with E-state index < -0.39 is 5.97 Å². The van der Waals surface area contributed by atoms with Gasteiger partial charge in [-0.1, -0.05) is 221 Å². The van der Waals surface area contributed by atoms with Crippen molar-refractivity contribution in [2.75, 3.05) is 0 Å². The molecule has 50 heavy (non-hydrogen) atoms. The van der Waals surface area contributed by atoms with Crippen molar-refractivity contribution in [2.45, 2.75) is 195 Å². The fourth-order valence-corrected chi connectivity index (χ4v) is 5.91. The summed E-state index contributed by atoms with van der Waals surface area (Å²) in [5.41, 5.74) is 4.50. The van der Waals surface area contributed by atoms with E-state index >= 15 is 0 Å². The van der Waals surface area contributed by atoms with Crippen LogP contribution in [-0.4, -0.2) is 16.9 Å². The number of carboxylic acid groups (broad SMARTS) is 1. The minimum atomic E-state index is -0.653. The summed E-state index contributed by atoms with van der Waals surface area (Å²) in [7, 11) is 0. The van der Waals surface area contributed by atoms with Gasteiger partial charge in [-0.05, 0) is 44.5 Å². The van der Waals surface area contributed by atoms with Crippen LogP contribution in [0.1, 0.15) is 192 Å². The average Bonchev–Trinajstić information content (AvgIpc) is 3.08. The zero-order valence-corrected chi connectivity index (χ0v) is 35.3. The molecule has 2 rings (SSSR count). The molecule has 0 saturated heterocycles. The van der Waals surface area contributed by atoms with Crippen molar-refractivity contribution >= 4 is 23.2 Å². The Kier molecular flexibility index (Phi) is 38.3. The largest absolute Gasteiger partial charge is 1.00 e. The Hall–Kier alpha value is -1.14. The third-order valence-electron chi connectivity index (χ3n) is 9.08. The normalized spacial score (nSPS) is 10.8. The zero-order chi connectivity index (χ0) is 34.9. The number of aliphatic imine (C=N–C) groups is 1. The van der Waals surface area contributed by atoms with Crippen LogP contribution in [0, 0.1) is 13.8 Å². The maximum Gasteiger partial charge on any atom is 1.00 e. The number of hydrogen-bond donors (Lipinski definition) is 1. The van der Waals surface area contributed by atoms with E-state index in [2.05, 4.69) is 76.2 Å². The molecule has 0 fully saturated rings. The van der Waals surface area contributed by atoms with Gasteiger partial charge in [-0.2, -0.15) is 0 Å². The number of carbonyl (C=O) groups is 1. The third-order valence-corrected chi connectivity index (χ3v) is 9.08. The van der Waals surface area contributed by atoms with Gasteiger partial charge < -0.3 is 15.4 Å². The van der Waals surface area contributed by atoms with Gasteiger partial charge in [0.2, 0.25) is 0 Å². The SMILES string of the molecule is CCCCCCCCCCCC(=Nc1ccc(C)cc1)[N-]c1ccc(C)cc1.CCCCCCCCCCCCCCCCCC(=O)O.[Ag+].[Ag]. The van der Waals surface area contributed by atoms with E-state index in [9.17, 15) is 4.79 Å². The van der Waals surface area contributed by atoms with Crippen molar-refractivity contribution in [3.8, 4) is 0 Å². The van der Waals surface area contributed by atoms with Crippen molar-refractivity contribution in [3.05, 3.63) is 65.0 Å². The van der Waals surface area contributed by atoms with E-state index in [0.717, 1.165) is 42.9 Å². The number of nitrogens with zero attached hydrogens (tertiary/aromatic N) is 2. The molecular weight excluding hydrogens is 804 g/mol. The van der Waals surface area contributed by atoms with Gasteiger partial charge in [0.15, 0.2) is 0 Å². The number of unbranched alkanes of at least 4 members (excludes halogenated alkanes) is 22.